The highest BCUT2D eigenvalue weighted by atomic mass is 16.5. The number of aromatic hydroxyl groups is 5. The van der Waals surface area contributed by atoms with Crippen LogP contribution in [0.25, 0.3) is 0 Å². The first-order valence-electron chi connectivity index (χ1n) is 20.5. The van der Waals surface area contributed by atoms with Crippen LogP contribution in [0.15, 0.2) is 12.1 Å². The van der Waals surface area contributed by atoms with Gasteiger partial charge in [-0.1, -0.05) is 25.7 Å². The summed E-state index contributed by atoms with van der Waals surface area (Å²) >= 11 is 0. The van der Waals surface area contributed by atoms with Gasteiger partial charge in [0.2, 0.25) is 0 Å². The average molecular weight is 815 g/mol. The zero-order chi connectivity index (χ0) is 43.2. The van der Waals surface area contributed by atoms with Gasteiger partial charge in [-0.3, -0.25) is 19.2 Å². The van der Waals surface area contributed by atoms with E-state index in [0.29, 0.717) is 119 Å². The molecule has 2 saturated carbocycles. The fourth-order valence-corrected chi connectivity index (χ4v) is 8.01. The summed E-state index contributed by atoms with van der Waals surface area (Å²) in [6.07, 6.45) is 7.53. The van der Waals surface area contributed by atoms with E-state index in [2.05, 4.69) is 0 Å². The Bertz CT molecular complexity index is 1840. The number of hydrogen-bond donors (Lipinski definition) is 9. The minimum atomic E-state index is -1.25. The van der Waals surface area contributed by atoms with Gasteiger partial charge in [0.15, 0.2) is 23.0 Å². The van der Waals surface area contributed by atoms with Gasteiger partial charge < -0.3 is 50.7 Å². The van der Waals surface area contributed by atoms with Crippen molar-refractivity contribution in [2.45, 2.75) is 156 Å². The largest absolute Gasteiger partial charge is 0.508 e. The molecular weight excluding hydrogens is 752 g/mol. The predicted molar refractivity (Wildman–Crippen MR) is 213 cm³/mol. The summed E-state index contributed by atoms with van der Waals surface area (Å²) in [6.45, 7) is 6.56. The molecule has 14 heteroatoms. The lowest BCUT2D eigenvalue weighted by Gasteiger charge is -2.21. The SMILES string of the molecule is CC(C)(CCCCc1c(OC2CC2(CCCCc2c(O)cc(O)c(O)c2CCCCC(C)(C)C(=O)O)C(=O)O)cc(O)c(O)c1CCCCC1(C(=O)O)CC1)C(=O)O. The van der Waals surface area contributed by atoms with Crippen LogP contribution in [0.1, 0.15) is 146 Å². The zero-order valence-electron chi connectivity index (χ0n) is 34.2. The predicted octanol–water partition coefficient (Wildman–Crippen LogP) is 8.07. The number of carboxylic acids is 4. The van der Waals surface area contributed by atoms with E-state index in [4.69, 9.17) is 4.74 Å². The molecule has 0 radical (unpaired) electrons. The van der Waals surface area contributed by atoms with Crippen LogP contribution in [0.5, 0.6) is 34.5 Å². The van der Waals surface area contributed by atoms with E-state index in [0.717, 1.165) is 6.07 Å². The lowest BCUT2D eigenvalue weighted by atomic mass is 9.86. The van der Waals surface area contributed by atoms with Gasteiger partial charge in [-0.25, -0.2) is 0 Å². The quantitative estimate of drug-likeness (QED) is 0.0247. The molecule has 2 aromatic rings. The van der Waals surface area contributed by atoms with Crippen molar-refractivity contribution in [3.8, 4) is 34.5 Å². The molecule has 0 spiro atoms. The Morgan fingerprint density at radius 2 is 1.03 bits per heavy atom. The van der Waals surface area contributed by atoms with Crippen LogP contribution in [-0.2, 0) is 44.9 Å². The summed E-state index contributed by atoms with van der Waals surface area (Å²) in [7, 11) is 0. The molecule has 2 aromatic carbocycles. The fourth-order valence-electron chi connectivity index (χ4n) is 8.01. The molecule has 2 unspecified atom stereocenters. The standard InChI is InChI=1S/C44H62O14/c1-41(2,37(50)51)17-9-5-14-27-29(16-7-11-19-43(21-22-43)39(54)55)36(49)32(47)24-33(27)58-34-25-44(34,40(56)57)20-12-8-13-26-28(35(48)31(46)23-30(26)45)15-6-10-18-42(3,4)38(52)53/h23-24,34,45-49H,5-22,25H2,1-4H3,(H,50,51)(H,52,53)(H,54,55)(H,56,57). The Balaban J connectivity index is 1.46. The monoisotopic (exact) mass is 814 g/mol. The van der Waals surface area contributed by atoms with Crippen LogP contribution < -0.4 is 4.74 Å². The minimum Gasteiger partial charge on any atom is -0.508 e. The van der Waals surface area contributed by atoms with Crippen LogP contribution in [0.4, 0.5) is 0 Å². The highest BCUT2D eigenvalue weighted by molar-refractivity contribution is 5.79. The van der Waals surface area contributed by atoms with Gasteiger partial charge in [0.05, 0.1) is 16.2 Å². The molecule has 0 bridgehead atoms. The molecule has 9 N–H and O–H groups in total. The fraction of sp³-hybridized carbons (Fsp3) is 0.636. The summed E-state index contributed by atoms with van der Waals surface area (Å²) in [5.74, 6) is -5.23. The minimum absolute atomic E-state index is 0.187. The van der Waals surface area contributed by atoms with Crippen LogP contribution in [0.3, 0.4) is 0 Å². The highest BCUT2D eigenvalue weighted by Gasteiger charge is 2.62. The van der Waals surface area contributed by atoms with E-state index in [1.165, 1.54) is 6.07 Å². The first-order chi connectivity index (χ1) is 27.1. The number of hydrogen-bond acceptors (Lipinski definition) is 10. The average Bonchev–Trinajstić information content (AvgIpc) is 4.07. The second-order valence-electron chi connectivity index (χ2n) is 18.0. The first-order valence-corrected chi connectivity index (χ1v) is 20.5. The molecule has 2 aliphatic rings. The van der Waals surface area contributed by atoms with Crippen molar-refractivity contribution in [1.29, 1.82) is 0 Å². The van der Waals surface area contributed by atoms with Crippen LogP contribution >= 0.6 is 0 Å². The lowest BCUT2D eigenvalue weighted by Crippen LogP contribution is -2.23. The van der Waals surface area contributed by atoms with Gasteiger partial charge in [0, 0.05) is 40.8 Å². The molecule has 2 atom stereocenters. The maximum atomic E-state index is 12.7. The molecule has 0 saturated heterocycles. The number of carbonyl (C=O) groups is 4. The number of phenolic OH excluding ortho intramolecular Hbond substituents is 5. The molecule has 4 rings (SSSR count). The van der Waals surface area contributed by atoms with Crippen molar-refractivity contribution in [3.05, 3.63) is 34.4 Å². The summed E-state index contributed by atoms with van der Waals surface area (Å²) < 4.78 is 6.36. The van der Waals surface area contributed by atoms with Crippen molar-refractivity contribution in [2.24, 2.45) is 21.7 Å². The first kappa shape index (κ1) is 45.8. The van der Waals surface area contributed by atoms with E-state index >= 15 is 0 Å². The van der Waals surface area contributed by atoms with E-state index in [1.807, 2.05) is 0 Å². The van der Waals surface area contributed by atoms with Gasteiger partial charge in [-0.05, 0) is 118 Å². The van der Waals surface area contributed by atoms with Gasteiger partial charge >= 0.3 is 23.9 Å². The van der Waals surface area contributed by atoms with Gasteiger partial charge in [0.1, 0.15) is 23.0 Å². The number of aliphatic carboxylic acids is 4. The number of ether oxygens (including phenoxy) is 1. The Kier molecular flexibility index (Phi) is 14.5. The van der Waals surface area contributed by atoms with Crippen LogP contribution in [0.2, 0.25) is 0 Å². The number of phenols is 5. The number of rotatable bonds is 26. The second kappa shape index (κ2) is 18.4. The zero-order valence-corrected chi connectivity index (χ0v) is 34.2. The van der Waals surface area contributed by atoms with Crippen molar-refractivity contribution in [3.63, 3.8) is 0 Å². The molecular formula is C44H62O14. The van der Waals surface area contributed by atoms with Crippen molar-refractivity contribution in [1.82, 2.24) is 0 Å². The van der Waals surface area contributed by atoms with Crippen molar-refractivity contribution < 1.29 is 69.9 Å². The smallest absolute Gasteiger partial charge is 0.313 e. The summed E-state index contributed by atoms with van der Waals surface area (Å²) in [5, 5.41) is 92.5. The Labute approximate surface area is 339 Å². The second-order valence-corrected chi connectivity index (χ2v) is 18.0. The summed E-state index contributed by atoms with van der Waals surface area (Å²) in [4.78, 5) is 47.6. The molecule has 0 aromatic heterocycles. The van der Waals surface area contributed by atoms with Crippen molar-refractivity contribution >= 4 is 23.9 Å². The van der Waals surface area contributed by atoms with Gasteiger partial charge in [-0.2, -0.15) is 0 Å². The lowest BCUT2D eigenvalue weighted by molar-refractivity contribution is -0.148. The van der Waals surface area contributed by atoms with Gasteiger partial charge in [0.25, 0.3) is 0 Å². The molecule has 2 fully saturated rings. The Morgan fingerprint density at radius 3 is 1.52 bits per heavy atom. The van der Waals surface area contributed by atoms with E-state index in [1.54, 1.807) is 27.7 Å². The van der Waals surface area contributed by atoms with Crippen molar-refractivity contribution in [2.75, 3.05) is 0 Å². The van der Waals surface area contributed by atoms with E-state index in [-0.39, 0.29) is 48.7 Å². The van der Waals surface area contributed by atoms with Crippen LogP contribution in [-0.4, -0.2) is 75.9 Å². The Hall–Kier alpha value is -4.88. The molecule has 0 amide bonds. The van der Waals surface area contributed by atoms with E-state index < -0.39 is 63.1 Å². The maximum Gasteiger partial charge on any atom is 0.313 e. The third-order valence-corrected chi connectivity index (χ3v) is 12.7. The van der Waals surface area contributed by atoms with E-state index in [9.17, 15) is 65.1 Å². The number of carboxylic acid groups (broad SMARTS) is 4. The summed E-state index contributed by atoms with van der Waals surface area (Å²) in [5.41, 5.74) is -1.98. The molecule has 58 heavy (non-hydrogen) atoms. The van der Waals surface area contributed by atoms with Crippen LogP contribution in [0, 0.1) is 21.7 Å². The molecule has 0 heterocycles. The molecule has 0 aliphatic heterocycles. The Morgan fingerprint density at radius 1 is 0.586 bits per heavy atom. The molecule has 2 aliphatic carbocycles. The summed E-state index contributed by atoms with van der Waals surface area (Å²) in [6, 6.07) is 2.35. The van der Waals surface area contributed by atoms with Gasteiger partial charge in [-0.15, -0.1) is 0 Å². The maximum absolute atomic E-state index is 12.7. The third-order valence-electron chi connectivity index (χ3n) is 12.7. The molecule has 322 valence electrons. The number of benzene rings is 2. The highest BCUT2D eigenvalue weighted by Crippen LogP contribution is 2.54. The topological polar surface area (TPSA) is 260 Å². The normalized spacial score (nSPS) is 18.4. The number of unbranched alkanes of at least 4 members (excludes halogenated alkanes) is 4. The third kappa shape index (κ3) is 10.8. The molecule has 14 nitrogen and oxygen atoms in total.